The van der Waals surface area contributed by atoms with Gasteiger partial charge in [0.1, 0.15) is 17.9 Å². The van der Waals surface area contributed by atoms with Crippen molar-refractivity contribution in [3.63, 3.8) is 0 Å². The molecule has 4 N–H and O–H groups in total. The fourth-order valence-corrected chi connectivity index (χ4v) is 5.97. The van der Waals surface area contributed by atoms with E-state index < -0.39 is 41.3 Å². The van der Waals surface area contributed by atoms with E-state index in [4.69, 9.17) is 10.7 Å². The number of likely N-dealkylation sites (N-methyl/N-ethyl adjacent to an activating group) is 1. The van der Waals surface area contributed by atoms with Crippen molar-refractivity contribution in [2.24, 2.45) is 10.7 Å². The number of carbonyl (C=O) groups excluding carboxylic acids is 3. The number of amidine groups is 1. The Morgan fingerprint density at radius 3 is 2.23 bits per heavy atom. The van der Waals surface area contributed by atoms with Crippen molar-refractivity contribution in [2.45, 2.75) is 30.8 Å². The molecule has 0 bridgehead atoms. The molecule has 53 heavy (non-hydrogen) atoms. The van der Waals surface area contributed by atoms with Gasteiger partial charge in [0.25, 0.3) is 5.91 Å². The molecule has 0 saturated carbocycles. The molecule has 13 heteroatoms. The molecule has 8 nitrogen and oxygen atoms in total. The first-order chi connectivity index (χ1) is 25.4. The van der Waals surface area contributed by atoms with Crippen LogP contribution in [0.5, 0.6) is 0 Å². The van der Waals surface area contributed by atoms with E-state index in [0.29, 0.717) is 35.9 Å². The van der Waals surface area contributed by atoms with Crippen molar-refractivity contribution < 1.29 is 31.9 Å². The predicted octanol–water partition coefficient (Wildman–Crippen LogP) is 7.38. The van der Waals surface area contributed by atoms with E-state index in [-0.39, 0.29) is 29.2 Å². The third-order valence-electron chi connectivity index (χ3n) is 8.07. The molecule has 2 atom stereocenters. The Kier molecular flexibility index (Phi) is 14.5. The second kappa shape index (κ2) is 19.2. The number of aldehydes is 1. The molecule has 0 aromatic heterocycles. The molecule has 4 rings (SSSR count). The van der Waals surface area contributed by atoms with Crippen molar-refractivity contribution in [1.82, 2.24) is 15.5 Å². The maximum absolute atomic E-state index is 14.3. The third-order valence-corrected chi connectivity index (χ3v) is 8.90. The van der Waals surface area contributed by atoms with Gasteiger partial charge in [0.15, 0.2) is 0 Å². The Balaban J connectivity index is 1.79. The Bertz CT molecular complexity index is 1940. The summed E-state index contributed by atoms with van der Waals surface area (Å²) in [5.41, 5.74) is 7.65. The van der Waals surface area contributed by atoms with Gasteiger partial charge in [0, 0.05) is 48.2 Å². The third kappa shape index (κ3) is 11.7. The highest BCUT2D eigenvalue weighted by Crippen LogP contribution is 2.33. The lowest BCUT2D eigenvalue weighted by molar-refractivity contribution is -0.137. The molecule has 0 heterocycles. The molecule has 0 radical (unpaired) electrons. The van der Waals surface area contributed by atoms with Crippen molar-refractivity contribution in [1.29, 1.82) is 0 Å². The minimum absolute atomic E-state index is 0.0631. The molecule has 0 spiro atoms. The Morgan fingerprint density at radius 2 is 1.60 bits per heavy atom. The average molecular weight is 746 g/mol. The van der Waals surface area contributed by atoms with Crippen molar-refractivity contribution >= 4 is 41.4 Å². The molecule has 276 valence electrons. The minimum Gasteiger partial charge on any atom is -0.400 e. The molecule has 0 fully saturated rings. The van der Waals surface area contributed by atoms with Crippen LogP contribution in [0.4, 0.5) is 23.2 Å². The first-order valence-electron chi connectivity index (χ1n) is 16.5. The number of rotatable bonds is 15. The van der Waals surface area contributed by atoms with Gasteiger partial charge in [-0.2, -0.15) is 13.2 Å². The monoisotopic (exact) mass is 745 g/mol. The van der Waals surface area contributed by atoms with Gasteiger partial charge in [-0.15, -0.1) is 11.8 Å². The summed E-state index contributed by atoms with van der Waals surface area (Å²) in [6.45, 7) is 2.03. The largest absolute Gasteiger partial charge is 0.416 e. The zero-order chi connectivity index (χ0) is 38.4. The van der Waals surface area contributed by atoms with E-state index in [1.165, 1.54) is 48.2 Å². The fraction of sp³-hybridized carbons (Fsp3) is 0.200. The van der Waals surface area contributed by atoms with Crippen molar-refractivity contribution in [3.8, 4) is 0 Å². The lowest BCUT2D eigenvalue weighted by atomic mass is 9.82. The van der Waals surface area contributed by atoms with E-state index >= 15 is 0 Å². The molecule has 4 aromatic rings. The molecule has 0 aliphatic heterocycles. The Labute approximate surface area is 309 Å². The van der Waals surface area contributed by atoms with Crippen molar-refractivity contribution in [3.05, 3.63) is 160 Å². The summed E-state index contributed by atoms with van der Waals surface area (Å²) in [7, 11) is 1.74. The number of alkyl halides is 3. The van der Waals surface area contributed by atoms with Crippen LogP contribution < -0.4 is 16.4 Å². The molecule has 0 aliphatic carbocycles. The zero-order valence-electron chi connectivity index (χ0n) is 29.0. The molecular weight excluding hydrogens is 707 g/mol. The van der Waals surface area contributed by atoms with Crippen LogP contribution in [0.2, 0.25) is 0 Å². The Hall–Kier alpha value is -5.69. The van der Waals surface area contributed by atoms with Crippen LogP contribution in [0.15, 0.2) is 137 Å². The number of thioether (sulfide) groups is 1. The number of hydrogen-bond acceptors (Lipinski definition) is 6. The van der Waals surface area contributed by atoms with E-state index in [1.54, 1.807) is 41.6 Å². The van der Waals surface area contributed by atoms with Gasteiger partial charge in [-0.3, -0.25) is 9.59 Å². The van der Waals surface area contributed by atoms with E-state index in [0.717, 1.165) is 17.7 Å². The lowest BCUT2D eigenvalue weighted by Gasteiger charge is -2.32. The summed E-state index contributed by atoms with van der Waals surface area (Å²) < 4.78 is 54.8. The number of amides is 2. The molecule has 0 saturated heterocycles. The fourth-order valence-electron chi connectivity index (χ4n) is 5.26. The topological polar surface area (TPSA) is 117 Å². The standard InChI is InChI=1S/C40H39F4N5O3S/c1-3-49(2)38(47-32-15-8-5-9-16-32)37(33(45)24-46-35(51)21-22-53-26-27-11-6-4-7-12-27)36(28-17-19-31(41)20-18-28)34(25-50)48-39(52)29-13-10-14-30(23-29)40(42,43)44/h4-23,25,34,36H,3,24,26,45H2,1-2H3,(H,46,51)(H,48,52)/b22-21-,37-33-,47-38?. The maximum Gasteiger partial charge on any atom is 0.416 e. The number of nitrogens with zero attached hydrogens (tertiary/aromatic N) is 2. The zero-order valence-corrected chi connectivity index (χ0v) is 29.8. The van der Waals surface area contributed by atoms with E-state index in [2.05, 4.69) is 10.6 Å². The Morgan fingerprint density at radius 1 is 0.943 bits per heavy atom. The second-order valence-electron chi connectivity index (χ2n) is 11.8. The number of benzene rings is 4. The highest BCUT2D eigenvalue weighted by molar-refractivity contribution is 8.01. The number of para-hydroxylation sites is 1. The molecule has 4 aromatic carbocycles. The SMILES string of the molecule is CCN(C)C(=Nc1ccccc1)/C(=C(\N)CNC(=O)/C=C\SCc1ccccc1)C(c1ccc(F)cc1)C(C=O)NC(=O)c1cccc(C(F)(F)F)c1. The summed E-state index contributed by atoms with van der Waals surface area (Å²) in [6, 6.07) is 26.1. The van der Waals surface area contributed by atoms with Crippen LogP contribution in [-0.4, -0.2) is 55.0 Å². The number of nitrogens with one attached hydrogen (secondary N) is 2. The van der Waals surface area contributed by atoms with Crippen LogP contribution in [0.1, 0.15) is 39.9 Å². The predicted molar refractivity (Wildman–Crippen MR) is 201 cm³/mol. The van der Waals surface area contributed by atoms with Crippen LogP contribution in [0, 0.1) is 5.82 Å². The second-order valence-corrected chi connectivity index (χ2v) is 12.7. The quantitative estimate of drug-likeness (QED) is 0.0385. The van der Waals surface area contributed by atoms with Crippen molar-refractivity contribution in [2.75, 3.05) is 20.1 Å². The van der Waals surface area contributed by atoms with E-state index in [1.807, 2.05) is 43.3 Å². The van der Waals surface area contributed by atoms with E-state index in [9.17, 15) is 31.9 Å². The average Bonchev–Trinajstić information content (AvgIpc) is 3.16. The summed E-state index contributed by atoms with van der Waals surface area (Å²) in [6.07, 6.45) is -2.92. The van der Waals surface area contributed by atoms with Gasteiger partial charge < -0.3 is 26.1 Å². The maximum atomic E-state index is 14.3. The smallest absolute Gasteiger partial charge is 0.400 e. The van der Waals surface area contributed by atoms with Gasteiger partial charge in [0.05, 0.1) is 23.8 Å². The van der Waals surface area contributed by atoms with Crippen LogP contribution >= 0.6 is 11.8 Å². The number of halogens is 4. The molecule has 0 aliphatic rings. The summed E-state index contributed by atoms with van der Waals surface area (Å²) in [4.78, 5) is 46.0. The summed E-state index contributed by atoms with van der Waals surface area (Å²) in [5.74, 6) is -2.23. The number of carbonyl (C=O) groups is 3. The highest BCUT2D eigenvalue weighted by Gasteiger charge is 2.35. The normalized spacial score (nSPS) is 13.5. The summed E-state index contributed by atoms with van der Waals surface area (Å²) >= 11 is 1.42. The number of aliphatic imine (C=N–C) groups is 1. The molecular formula is C40H39F4N5O3S. The van der Waals surface area contributed by atoms with Crippen LogP contribution in [0.3, 0.4) is 0 Å². The van der Waals surface area contributed by atoms with Gasteiger partial charge in [-0.1, -0.05) is 66.7 Å². The number of nitrogens with two attached hydrogens (primary N) is 1. The van der Waals surface area contributed by atoms with Gasteiger partial charge in [-0.25, -0.2) is 9.38 Å². The van der Waals surface area contributed by atoms with Gasteiger partial charge in [-0.05, 0) is 65.9 Å². The minimum atomic E-state index is -4.71. The number of hydrogen-bond donors (Lipinski definition) is 3. The molecule has 2 unspecified atom stereocenters. The van der Waals surface area contributed by atoms with Gasteiger partial charge in [0.2, 0.25) is 5.91 Å². The lowest BCUT2D eigenvalue weighted by Crippen LogP contribution is -2.45. The van der Waals surface area contributed by atoms with Gasteiger partial charge >= 0.3 is 6.18 Å². The first kappa shape index (κ1) is 40.1. The highest BCUT2D eigenvalue weighted by atomic mass is 32.2. The van der Waals surface area contributed by atoms with Crippen LogP contribution in [0.25, 0.3) is 0 Å². The summed E-state index contributed by atoms with van der Waals surface area (Å²) in [5, 5.41) is 6.98. The molecule has 2 amide bonds. The van der Waals surface area contributed by atoms with Crippen LogP contribution in [-0.2, 0) is 21.5 Å². The first-order valence-corrected chi connectivity index (χ1v) is 17.6.